The van der Waals surface area contributed by atoms with E-state index >= 15 is 0 Å². The van der Waals surface area contributed by atoms with Gasteiger partial charge in [0.25, 0.3) is 0 Å². The van der Waals surface area contributed by atoms with Crippen LogP contribution in [-0.4, -0.2) is 17.3 Å². The quantitative estimate of drug-likeness (QED) is 0.719. The molecular weight excluding hydrogens is 300 g/mol. The number of nitrogens with one attached hydrogen (secondary N) is 1. The summed E-state index contributed by atoms with van der Waals surface area (Å²) in [6.45, 7) is 6.88. The van der Waals surface area contributed by atoms with Crippen molar-refractivity contribution in [1.29, 1.82) is 0 Å². The van der Waals surface area contributed by atoms with Gasteiger partial charge in [-0.25, -0.2) is 13.6 Å². The zero-order chi connectivity index (χ0) is 16.4. The van der Waals surface area contributed by atoms with Crippen molar-refractivity contribution >= 4 is 5.69 Å². The molecule has 0 bridgehead atoms. The fourth-order valence-electron chi connectivity index (χ4n) is 2.31. The first kappa shape index (κ1) is 14.7. The molecule has 0 fully saturated rings. The molecule has 1 N–H and O–H groups in total. The van der Waals surface area contributed by atoms with Crippen LogP contribution >= 0.6 is 0 Å². The molecule has 23 heavy (non-hydrogen) atoms. The zero-order valence-electron chi connectivity index (χ0n) is 12.1. The fourth-order valence-corrected chi connectivity index (χ4v) is 2.31. The predicted octanol–water partition coefficient (Wildman–Crippen LogP) is 4.58. The van der Waals surface area contributed by atoms with E-state index in [2.05, 4.69) is 15.0 Å². The van der Waals surface area contributed by atoms with E-state index in [1.54, 1.807) is 12.1 Å². The number of ether oxygens (including phenoxy) is 1. The summed E-state index contributed by atoms with van der Waals surface area (Å²) in [6, 6.07) is 8.82. The van der Waals surface area contributed by atoms with E-state index in [4.69, 9.17) is 11.3 Å². The van der Waals surface area contributed by atoms with E-state index in [1.165, 1.54) is 37.6 Å². The predicted molar refractivity (Wildman–Crippen MR) is 82.2 cm³/mol. The molecule has 0 spiro atoms. The molecule has 114 valence electrons. The molecule has 0 atom stereocenters. The molecule has 0 aliphatic rings. The third kappa shape index (κ3) is 2.64. The number of benzene rings is 2. The van der Waals surface area contributed by atoms with Gasteiger partial charge < -0.3 is 4.74 Å². The Bertz CT molecular complexity index is 912. The summed E-state index contributed by atoms with van der Waals surface area (Å²) >= 11 is 0. The summed E-state index contributed by atoms with van der Waals surface area (Å²) in [5.41, 5.74) is 2.24. The van der Waals surface area contributed by atoms with Crippen molar-refractivity contribution in [1.82, 2.24) is 10.2 Å². The molecular formula is C17H11F2N3O. The van der Waals surface area contributed by atoms with Crippen molar-refractivity contribution in [2.45, 2.75) is 0 Å². The fraction of sp³-hybridized carbons (Fsp3) is 0.0588. The molecule has 2 aromatic carbocycles. The Hall–Kier alpha value is -3.20. The summed E-state index contributed by atoms with van der Waals surface area (Å²) in [4.78, 5) is 3.09. The van der Waals surface area contributed by atoms with Crippen molar-refractivity contribution in [2.75, 3.05) is 7.11 Å². The number of aromatic amines is 1. The molecule has 0 saturated carbocycles. The number of halogens is 2. The van der Waals surface area contributed by atoms with Crippen LogP contribution < -0.4 is 4.74 Å². The largest absolute Gasteiger partial charge is 0.494 e. The van der Waals surface area contributed by atoms with E-state index in [-0.39, 0.29) is 11.4 Å². The number of hydrogen-bond donors (Lipinski definition) is 1. The molecule has 0 amide bonds. The first-order valence-electron chi connectivity index (χ1n) is 6.68. The standard InChI is InChI=1S/C17H11F2N3O/c1-20-15-5-3-10(7-13(15)18)12-9-21-22-17(12)11-4-6-16(23-2)14(19)8-11/h3-9H,2H3,(H,21,22). The minimum atomic E-state index is -0.606. The van der Waals surface area contributed by atoms with Crippen LogP contribution in [0.5, 0.6) is 5.75 Å². The molecule has 6 heteroatoms. The van der Waals surface area contributed by atoms with Crippen molar-refractivity contribution < 1.29 is 13.5 Å². The van der Waals surface area contributed by atoms with Gasteiger partial charge in [-0.3, -0.25) is 5.10 Å². The lowest BCUT2D eigenvalue weighted by molar-refractivity contribution is 0.386. The molecule has 0 aliphatic heterocycles. The van der Waals surface area contributed by atoms with Crippen LogP contribution in [-0.2, 0) is 0 Å². The molecule has 1 heterocycles. The number of H-pyrrole nitrogens is 1. The van der Waals surface area contributed by atoms with Gasteiger partial charge in [-0.1, -0.05) is 12.1 Å². The molecule has 4 nitrogen and oxygen atoms in total. The van der Waals surface area contributed by atoms with Gasteiger partial charge in [0, 0.05) is 11.1 Å². The number of nitrogens with zero attached hydrogens (tertiary/aromatic N) is 2. The first-order valence-corrected chi connectivity index (χ1v) is 6.68. The molecule has 3 rings (SSSR count). The monoisotopic (exact) mass is 311 g/mol. The SMILES string of the molecule is [C-]#[N+]c1ccc(-c2cn[nH]c2-c2ccc(OC)c(F)c2)cc1F. The van der Waals surface area contributed by atoms with Crippen LogP contribution in [0.15, 0.2) is 42.6 Å². The highest BCUT2D eigenvalue weighted by Gasteiger charge is 2.14. The van der Waals surface area contributed by atoms with Crippen molar-refractivity contribution in [3.63, 3.8) is 0 Å². The molecule has 1 aromatic heterocycles. The lowest BCUT2D eigenvalue weighted by atomic mass is 10.0. The third-order valence-electron chi connectivity index (χ3n) is 3.46. The number of hydrogen-bond acceptors (Lipinski definition) is 2. The Balaban J connectivity index is 2.08. The first-order chi connectivity index (χ1) is 11.1. The van der Waals surface area contributed by atoms with Gasteiger partial charge in [-0.2, -0.15) is 5.10 Å². The number of rotatable bonds is 3. The smallest absolute Gasteiger partial charge is 0.222 e. The van der Waals surface area contributed by atoms with E-state index in [0.29, 0.717) is 22.4 Å². The third-order valence-corrected chi connectivity index (χ3v) is 3.46. The second-order valence-electron chi connectivity index (χ2n) is 4.79. The lowest BCUT2D eigenvalue weighted by Gasteiger charge is -2.07. The minimum absolute atomic E-state index is 0.0470. The van der Waals surface area contributed by atoms with Gasteiger partial charge >= 0.3 is 0 Å². The van der Waals surface area contributed by atoms with Crippen molar-refractivity contribution in [3.8, 4) is 28.1 Å². The van der Waals surface area contributed by atoms with Gasteiger partial charge in [0.15, 0.2) is 11.6 Å². The average Bonchev–Trinajstić information content (AvgIpc) is 3.04. The molecule has 0 saturated heterocycles. The molecule has 0 aliphatic carbocycles. The Labute approximate surface area is 131 Å². The Kier molecular flexibility index (Phi) is 3.77. The summed E-state index contributed by atoms with van der Waals surface area (Å²) in [5, 5.41) is 6.75. The number of methoxy groups -OCH3 is 1. The van der Waals surface area contributed by atoms with Gasteiger partial charge in [0.1, 0.15) is 5.82 Å². The van der Waals surface area contributed by atoms with Gasteiger partial charge in [-0.15, -0.1) is 0 Å². The van der Waals surface area contributed by atoms with Crippen LogP contribution in [0.25, 0.3) is 27.2 Å². The van der Waals surface area contributed by atoms with Crippen LogP contribution in [0.2, 0.25) is 0 Å². The summed E-state index contributed by atoms with van der Waals surface area (Å²) in [6.07, 6.45) is 1.53. The van der Waals surface area contributed by atoms with Gasteiger partial charge in [0.2, 0.25) is 5.69 Å². The Morgan fingerprint density at radius 3 is 2.48 bits per heavy atom. The molecule has 3 aromatic rings. The van der Waals surface area contributed by atoms with E-state index in [0.717, 1.165) is 0 Å². The van der Waals surface area contributed by atoms with Crippen molar-refractivity contribution in [3.05, 3.63) is 65.6 Å². The average molecular weight is 311 g/mol. The van der Waals surface area contributed by atoms with E-state index in [9.17, 15) is 8.78 Å². The summed E-state index contributed by atoms with van der Waals surface area (Å²) < 4.78 is 32.6. The summed E-state index contributed by atoms with van der Waals surface area (Å²) in [5.74, 6) is -0.965. The van der Waals surface area contributed by atoms with Crippen molar-refractivity contribution in [2.24, 2.45) is 0 Å². The van der Waals surface area contributed by atoms with Crippen LogP contribution in [0.1, 0.15) is 0 Å². The van der Waals surface area contributed by atoms with E-state index < -0.39 is 11.6 Å². The molecule has 0 unspecified atom stereocenters. The topological polar surface area (TPSA) is 42.3 Å². The second-order valence-corrected chi connectivity index (χ2v) is 4.79. The lowest BCUT2D eigenvalue weighted by Crippen LogP contribution is -1.90. The van der Waals surface area contributed by atoms with Crippen LogP contribution in [0.4, 0.5) is 14.5 Å². The Morgan fingerprint density at radius 1 is 1.09 bits per heavy atom. The van der Waals surface area contributed by atoms with Gasteiger partial charge in [0.05, 0.1) is 25.6 Å². The Morgan fingerprint density at radius 2 is 1.83 bits per heavy atom. The van der Waals surface area contributed by atoms with Crippen LogP contribution in [0.3, 0.4) is 0 Å². The summed E-state index contributed by atoms with van der Waals surface area (Å²) in [7, 11) is 1.39. The highest BCUT2D eigenvalue weighted by molar-refractivity contribution is 5.81. The maximum absolute atomic E-state index is 13.9. The maximum Gasteiger partial charge on any atom is 0.222 e. The van der Waals surface area contributed by atoms with Crippen LogP contribution in [0, 0.1) is 18.2 Å². The zero-order valence-corrected chi connectivity index (χ0v) is 12.1. The maximum atomic E-state index is 13.9. The highest BCUT2D eigenvalue weighted by atomic mass is 19.1. The van der Waals surface area contributed by atoms with Gasteiger partial charge in [-0.05, 0) is 29.8 Å². The molecule has 0 radical (unpaired) electrons. The second kappa shape index (κ2) is 5.89. The minimum Gasteiger partial charge on any atom is -0.494 e. The number of aromatic nitrogens is 2. The highest BCUT2D eigenvalue weighted by Crippen LogP contribution is 2.33. The normalized spacial score (nSPS) is 10.3. The van der Waals surface area contributed by atoms with E-state index in [1.807, 2.05) is 0 Å².